The molecule has 0 saturated heterocycles. The average Bonchev–Trinajstić information content (AvgIpc) is 4.00. The third-order valence-corrected chi connectivity index (χ3v) is 17.3. The number of nitrogens with zero attached hydrogens (tertiary/aromatic N) is 3. The molecule has 1 saturated carbocycles. The molecule has 306 valence electrons. The molecule has 0 bridgehead atoms. The third kappa shape index (κ3) is 4.48. The van der Waals surface area contributed by atoms with Crippen LogP contribution in [-0.4, -0.2) is 16.8 Å². The first-order valence-electron chi connectivity index (χ1n) is 22.9. The first-order valence-corrected chi connectivity index (χ1v) is 23.7. The standard InChI is InChI=1S/C57H48BN3OS/c1-33-29-45-51-46(30-33)60-52-38(54-53(60)37-16-8-10-22-49(37)63-54)17-13-18-41(52)58(51)40-25-24-35(32-44(40)59(45)43-19-14-21-48-50(43)36-15-7-9-20-47(36)62-48)61-42-26-23-34(55(2,3)4)31-39(42)56(5)27-11-12-28-57(56,61)6/h7-10,13-26,29-32H,11-12,27-28H2,1-6H3. The van der Waals surface area contributed by atoms with Gasteiger partial charge in [0, 0.05) is 54.7 Å². The fraction of sp³-hybridized carbons (Fsp3) is 0.228. The van der Waals surface area contributed by atoms with Crippen molar-refractivity contribution in [3.8, 4) is 5.69 Å². The molecule has 10 aromatic rings. The number of benzene rings is 7. The molecule has 3 aromatic heterocycles. The topological polar surface area (TPSA) is 24.6 Å². The van der Waals surface area contributed by atoms with Gasteiger partial charge < -0.3 is 18.8 Å². The number of aryl methyl sites for hydroxylation is 1. The van der Waals surface area contributed by atoms with Crippen LogP contribution >= 0.6 is 11.3 Å². The lowest BCUT2D eigenvalue weighted by molar-refractivity contribution is 0.195. The highest BCUT2D eigenvalue weighted by Gasteiger charge is 2.58. The summed E-state index contributed by atoms with van der Waals surface area (Å²) >= 11 is 1.93. The molecule has 1 aliphatic carbocycles. The van der Waals surface area contributed by atoms with E-state index in [0.717, 1.165) is 34.0 Å². The first kappa shape index (κ1) is 36.3. The van der Waals surface area contributed by atoms with Crippen molar-refractivity contribution in [3.63, 3.8) is 0 Å². The minimum atomic E-state index is -0.0773. The lowest BCUT2D eigenvalue weighted by Crippen LogP contribution is -2.60. The molecule has 0 N–H and O–H groups in total. The Kier molecular flexibility index (Phi) is 6.94. The molecule has 4 aliphatic rings. The smallest absolute Gasteiger partial charge is 0.252 e. The molecule has 6 heteroatoms. The van der Waals surface area contributed by atoms with Crippen LogP contribution in [-0.2, 0) is 10.8 Å². The highest BCUT2D eigenvalue weighted by atomic mass is 32.1. The highest BCUT2D eigenvalue weighted by molar-refractivity contribution is 7.26. The van der Waals surface area contributed by atoms with Gasteiger partial charge in [0.05, 0.1) is 32.3 Å². The quantitative estimate of drug-likeness (QED) is 0.162. The molecule has 2 atom stereocenters. The van der Waals surface area contributed by atoms with Gasteiger partial charge in [0.1, 0.15) is 11.2 Å². The molecule has 0 radical (unpaired) electrons. The van der Waals surface area contributed by atoms with E-state index < -0.39 is 0 Å². The summed E-state index contributed by atoms with van der Waals surface area (Å²) in [6, 6.07) is 51.1. The second-order valence-electron chi connectivity index (χ2n) is 20.5. The normalized spacial score (nSPS) is 20.0. The van der Waals surface area contributed by atoms with Gasteiger partial charge in [-0.2, -0.15) is 0 Å². The molecule has 6 heterocycles. The largest absolute Gasteiger partial charge is 0.456 e. The molecular formula is C57H48BN3OS. The van der Waals surface area contributed by atoms with Crippen molar-refractivity contribution in [3.05, 3.63) is 150 Å². The summed E-state index contributed by atoms with van der Waals surface area (Å²) < 4.78 is 12.0. The number of thiophene rings is 1. The van der Waals surface area contributed by atoms with Crippen molar-refractivity contribution in [1.29, 1.82) is 0 Å². The summed E-state index contributed by atoms with van der Waals surface area (Å²) in [5.74, 6) is 0. The van der Waals surface area contributed by atoms with E-state index in [9.17, 15) is 0 Å². The van der Waals surface area contributed by atoms with Crippen molar-refractivity contribution in [1.82, 2.24) is 4.57 Å². The Labute approximate surface area is 372 Å². The predicted molar refractivity (Wildman–Crippen MR) is 269 cm³/mol. The molecule has 63 heavy (non-hydrogen) atoms. The maximum absolute atomic E-state index is 6.64. The molecule has 3 aliphatic heterocycles. The second kappa shape index (κ2) is 12.1. The van der Waals surface area contributed by atoms with Gasteiger partial charge in [-0.1, -0.05) is 119 Å². The van der Waals surface area contributed by atoms with E-state index in [1.807, 2.05) is 11.3 Å². The van der Waals surface area contributed by atoms with Crippen LogP contribution in [0.2, 0.25) is 0 Å². The van der Waals surface area contributed by atoms with Crippen LogP contribution in [0.25, 0.3) is 58.8 Å². The minimum absolute atomic E-state index is 0.0266. The Bertz CT molecular complexity index is 3660. The zero-order chi connectivity index (χ0) is 42.3. The summed E-state index contributed by atoms with van der Waals surface area (Å²) in [5.41, 5.74) is 20.3. The Morgan fingerprint density at radius 3 is 2.27 bits per heavy atom. The molecular weight excluding hydrogens is 786 g/mol. The summed E-state index contributed by atoms with van der Waals surface area (Å²) in [5, 5.41) is 4.96. The Morgan fingerprint density at radius 1 is 0.635 bits per heavy atom. The number of para-hydroxylation sites is 2. The number of aromatic nitrogens is 1. The Hall–Kier alpha value is -6.24. The summed E-state index contributed by atoms with van der Waals surface area (Å²) in [7, 11) is 0. The zero-order valence-electron chi connectivity index (χ0n) is 36.8. The van der Waals surface area contributed by atoms with Crippen LogP contribution in [0.3, 0.4) is 0 Å². The van der Waals surface area contributed by atoms with Crippen LogP contribution in [0.15, 0.2) is 138 Å². The first-order chi connectivity index (χ1) is 30.5. The molecule has 0 spiro atoms. The van der Waals surface area contributed by atoms with Gasteiger partial charge in [-0.25, -0.2) is 0 Å². The number of hydrogen-bond acceptors (Lipinski definition) is 4. The van der Waals surface area contributed by atoms with Gasteiger partial charge in [0.15, 0.2) is 0 Å². The van der Waals surface area contributed by atoms with E-state index in [1.54, 1.807) is 0 Å². The average molecular weight is 834 g/mol. The second-order valence-corrected chi connectivity index (χ2v) is 21.5. The van der Waals surface area contributed by atoms with Crippen LogP contribution in [0.1, 0.15) is 77.0 Å². The molecule has 0 amide bonds. The van der Waals surface area contributed by atoms with E-state index in [0.29, 0.717) is 0 Å². The lowest BCUT2D eigenvalue weighted by Gasteiger charge is -2.50. The monoisotopic (exact) mass is 833 g/mol. The van der Waals surface area contributed by atoms with Crippen LogP contribution < -0.4 is 26.2 Å². The molecule has 4 nitrogen and oxygen atoms in total. The number of rotatable bonds is 2. The van der Waals surface area contributed by atoms with Crippen LogP contribution in [0, 0.1) is 6.92 Å². The van der Waals surface area contributed by atoms with Crippen LogP contribution in [0.4, 0.5) is 28.4 Å². The van der Waals surface area contributed by atoms with Crippen molar-refractivity contribution in [2.45, 2.75) is 83.6 Å². The molecule has 7 aromatic carbocycles. The van der Waals surface area contributed by atoms with E-state index in [1.165, 1.54) is 112 Å². The van der Waals surface area contributed by atoms with E-state index in [4.69, 9.17) is 4.42 Å². The van der Waals surface area contributed by atoms with Crippen molar-refractivity contribution >= 4 is 116 Å². The van der Waals surface area contributed by atoms with Gasteiger partial charge in [0.25, 0.3) is 6.71 Å². The maximum Gasteiger partial charge on any atom is 0.252 e. The van der Waals surface area contributed by atoms with Gasteiger partial charge >= 0.3 is 0 Å². The summed E-state index contributed by atoms with van der Waals surface area (Å²) in [6.07, 6.45) is 4.86. The van der Waals surface area contributed by atoms with E-state index in [2.05, 4.69) is 189 Å². The molecule has 2 unspecified atom stereocenters. The van der Waals surface area contributed by atoms with Crippen molar-refractivity contribution in [2.75, 3.05) is 9.80 Å². The van der Waals surface area contributed by atoms with E-state index >= 15 is 0 Å². The Balaban J connectivity index is 1.09. The van der Waals surface area contributed by atoms with Gasteiger partial charge in [-0.15, -0.1) is 11.3 Å². The van der Waals surface area contributed by atoms with Gasteiger partial charge in [0.2, 0.25) is 0 Å². The SMILES string of the molecule is Cc1cc2c3c(c1)-n1c4c(cccc4c4sc5ccccc5c41)B3c1ccc(N3c4ccc(C(C)(C)C)cc4C4(C)CCCCC34C)cc1N2c1cccc2oc3ccccc3c12. The number of hydrogen-bond donors (Lipinski definition) is 0. The van der Waals surface area contributed by atoms with Crippen molar-refractivity contribution < 1.29 is 4.42 Å². The highest BCUT2D eigenvalue weighted by Crippen LogP contribution is 2.62. The lowest BCUT2D eigenvalue weighted by atomic mass is 9.33. The molecule has 14 rings (SSSR count). The van der Waals surface area contributed by atoms with Crippen molar-refractivity contribution in [2.24, 2.45) is 0 Å². The number of furan rings is 1. The fourth-order valence-corrected chi connectivity index (χ4v) is 14.2. The summed E-state index contributed by atoms with van der Waals surface area (Å²) in [4.78, 5) is 5.38. The fourth-order valence-electron chi connectivity index (χ4n) is 13.0. The van der Waals surface area contributed by atoms with Gasteiger partial charge in [-0.05, 0) is 120 Å². The molecule has 1 fully saturated rings. The number of fused-ring (bicyclic) bond motifs is 15. The third-order valence-electron chi connectivity index (χ3n) is 16.1. The zero-order valence-corrected chi connectivity index (χ0v) is 37.6. The van der Waals surface area contributed by atoms with E-state index in [-0.39, 0.29) is 23.1 Å². The maximum atomic E-state index is 6.64. The number of anilines is 5. The minimum Gasteiger partial charge on any atom is -0.456 e. The Morgan fingerprint density at radius 2 is 1.40 bits per heavy atom. The van der Waals surface area contributed by atoms with Crippen LogP contribution in [0.5, 0.6) is 0 Å². The summed E-state index contributed by atoms with van der Waals surface area (Å²) in [6.45, 7) is 14.5. The predicted octanol–water partition coefficient (Wildman–Crippen LogP) is 13.9. The van der Waals surface area contributed by atoms with Gasteiger partial charge in [-0.3, -0.25) is 0 Å².